The number of carbonyl (C=O) groups is 2. The summed E-state index contributed by atoms with van der Waals surface area (Å²) >= 11 is 0. The van der Waals surface area contributed by atoms with Gasteiger partial charge in [0.25, 0.3) is 0 Å². The Morgan fingerprint density at radius 1 is 1.27 bits per heavy atom. The summed E-state index contributed by atoms with van der Waals surface area (Å²) in [5.74, 6) is -1.09. The highest BCUT2D eigenvalue weighted by Crippen LogP contribution is 2.02. The third-order valence-electron chi connectivity index (χ3n) is 2.49. The van der Waals surface area contributed by atoms with Crippen molar-refractivity contribution in [3.05, 3.63) is 0 Å². The minimum atomic E-state index is -0.942. The van der Waals surface area contributed by atoms with E-state index in [1.807, 2.05) is 0 Å². The molecule has 3 N–H and O–H groups in total. The molecule has 86 valence electrons. The SMILES string of the molecule is O=C1CCCCNCCC[C@H](C(=O)O)N1. The van der Waals surface area contributed by atoms with Gasteiger partial charge in [0, 0.05) is 6.42 Å². The van der Waals surface area contributed by atoms with E-state index < -0.39 is 12.0 Å². The lowest BCUT2D eigenvalue weighted by molar-refractivity contribution is -0.142. The van der Waals surface area contributed by atoms with Crippen molar-refractivity contribution in [3.63, 3.8) is 0 Å². The van der Waals surface area contributed by atoms with Crippen molar-refractivity contribution in [2.75, 3.05) is 13.1 Å². The smallest absolute Gasteiger partial charge is 0.326 e. The minimum Gasteiger partial charge on any atom is -0.480 e. The van der Waals surface area contributed by atoms with Crippen LogP contribution in [0.2, 0.25) is 0 Å². The van der Waals surface area contributed by atoms with Gasteiger partial charge in [0.2, 0.25) is 5.91 Å². The molecule has 0 spiro atoms. The van der Waals surface area contributed by atoms with Crippen LogP contribution in [0.15, 0.2) is 0 Å². The highest BCUT2D eigenvalue weighted by molar-refractivity contribution is 5.83. The van der Waals surface area contributed by atoms with Crippen LogP contribution in [0, 0.1) is 0 Å². The number of carboxylic acid groups (broad SMARTS) is 1. The predicted octanol–water partition coefficient (Wildman–Crippen LogP) is 0.110. The van der Waals surface area contributed by atoms with Gasteiger partial charge in [-0.05, 0) is 38.8 Å². The van der Waals surface area contributed by atoms with Crippen LogP contribution in [0.25, 0.3) is 0 Å². The van der Waals surface area contributed by atoms with E-state index in [1.54, 1.807) is 0 Å². The Balaban J connectivity index is 2.47. The first-order chi connectivity index (χ1) is 7.20. The van der Waals surface area contributed by atoms with E-state index in [9.17, 15) is 9.59 Å². The maximum atomic E-state index is 11.3. The fraction of sp³-hybridized carbons (Fsp3) is 0.800. The Morgan fingerprint density at radius 3 is 2.73 bits per heavy atom. The zero-order valence-electron chi connectivity index (χ0n) is 8.79. The molecule has 0 aromatic heterocycles. The number of aliphatic carboxylic acids is 1. The van der Waals surface area contributed by atoms with Crippen LogP contribution in [0.3, 0.4) is 0 Å². The number of rotatable bonds is 1. The van der Waals surface area contributed by atoms with Gasteiger partial charge in [-0.2, -0.15) is 0 Å². The van der Waals surface area contributed by atoms with E-state index in [0.717, 1.165) is 32.4 Å². The topological polar surface area (TPSA) is 78.4 Å². The zero-order chi connectivity index (χ0) is 11.1. The number of hydrogen-bond donors (Lipinski definition) is 3. The number of nitrogens with one attached hydrogen (secondary N) is 2. The summed E-state index contributed by atoms with van der Waals surface area (Å²) in [6.45, 7) is 1.73. The molecule has 0 aromatic carbocycles. The summed E-state index contributed by atoms with van der Waals surface area (Å²) in [4.78, 5) is 22.1. The van der Waals surface area contributed by atoms with Gasteiger partial charge in [-0.25, -0.2) is 4.79 Å². The summed E-state index contributed by atoms with van der Waals surface area (Å²) in [5.41, 5.74) is 0. The fourth-order valence-electron chi connectivity index (χ4n) is 1.62. The molecule has 0 unspecified atom stereocenters. The van der Waals surface area contributed by atoms with Crippen molar-refractivity contribution in [1.82, 2.24) is 10.6 Å². The van der Waals surface area contributed by atoms with Crippen LogP contribution in [0.5, 0.6) is 0 Å². The molecule has 1 aliphatic rings. The molecule has 1 aliphatic heterocycles. The Hall–Kier alpha value is -1.10. The number of carboxylic acids is 1. The van der Waals surface area contributed by atoms with E-state index in [1.165, 1.54) is 0 Å². The third kappa shape index (κ3) is 4.78. The van der Waals surface area contributed by atoms with E-state index >= 15 is 0 Å². The summed E-state index contributed by atoms with van der Waals surface area (Å²) in [7, 11) is 0. The van der Waals surface area contributed by atoms with Crippen LogP contribution in [-0.2, 0) is 9.59 Å². The third-order valence-corrected chi connectivity index (χ3v) is 2.49. The molecule has 1 saturated heterocycles. The number of amides is 1. The average molecular weight is 214 g/mol. The van der Waals surface area contributed by atoms with Crippen LogP contribution in [0.1, 0.15) is 32.1 Å². The Kier molecular flexibility index (Phi) is 5.10. The molecule has 0 radical (unpaired) electrons. The van der Waals surface area contributed by atoms with Gasteiger partial charge in [-0.3, -0.25) is 4.79 Å². The fourth-order valence-corrected chi connectivity index (χ4v) is 1.62. The van der Waals surface area contributed by atoms with E-state index in [4.69, 9.17) is 5.11 Å². The molecule has 0 aromatic rings. The highest BCUT2D eigenvalue weighted by atomic mass is 16.4. The molecular formula is C10H18N2O3. The maximum absolute atomic E-state index is 11.3. The molecule has 5 nitrogen and oxygen atoms in total. The van der Waals surface area contributed by atoms with Gasteiger partial charge in [0.05, 0.1) is 0 Å². The van der Waals surface area contributed by atoms with Crippen molar-refractivity contribution in [2.45, 2.75) is 38.1 Å². The maximum Gasteiger partial charge on any atom is 0.326 e. The van der Waals surface area contributed by atoms with Gasteiger partial charge in [-0.1, -0.05) is 0 Å². The van der Waals surface area contributed by atoms with Crippen molar-refractivity contribution in [1.29, 1.82) is 0 Å². The largest absolute Gasteiger partial charge is 0.480 e. The summed E-state index contributed by atoms with van der Waals surface area (Å²) < 4.78 is 0. The number of hydrogen-bond acceptors (Lipinski definition) is 3. The second-order valence-electron chi connectivity index (χ2n) is 3.81. The lowest BCUT2D eigenvalue weighted by atomic mass is 10.1. The van der Waals surface area contributed by atoms with Gasteiger partial charge in [0.1, 0.15) is 6.04 Å². The molecule has 1 fully saturated rings. The molecule has 15 heavy (non-hydrogen) atoms. The Labute approximate surface area is 89.2 Å². The quantitative estimate of drug-likeness (QED) is 0.579. The summed E-state index contributed by atoms with van der Waals surface area (Å²) in [6.07, 6.45) is 3.47. The monoisotopic (exact) mass is 214 g/mol. The highest BCUT2D eigenvalue weighted by Gasteiger charge is 2.19. The molecule has 1 heterocycles. The summed E-state index contributed by atoms with van der Waals surface area (Å²) in [5, 5.41) is 14.6. The molecule has 0 bridgehead atoms. The van der Waals surface area contributed by atoms with Crippen molar-refractivity contribution < 1.29 is 14.7 Å². The standard InChI is InChI=1S/C10H18N2O3/c13-9-5-1-2-6-11-7-3-4-8(12-9)10(14)15/h8,11H,1-7H2,(H,12,13)(H,14,15)/t8-/m1/s1. The predicted molar refractivity (Wildman–Crippen MR) is 55.5 cm³/mol. The van der Waals surface area contributed by atoms with E-state index in [-0.39, 0.29) is 5.91 Å². The number of carbonyl (C=O) groups excluding carboxylic acids is 1. The normalized spacial score (nSPS) is 25.1. The van der Waals surface area contributed by atoms with Crippen molar-refractivity contribution >= 4 is 11.9 Å². The van der Waals surface area contributed by atoms with E-state index in [0.29, 0.717) is 12.8 Å². The average Bonchev–Trinajstić information content (AvgIpc) is 2.23. The van der Waals surface area contributed by atoms with Crippen LogP contribution in [-0.4, -0.2) is 36.1 Å². The van der Waals surface area contributed by atoms with Crippen molar-refractivity contribution in [2.24, 2.45) is 0 Å². The lowest BCUT2D eigenvalue weighted by Crippen LogP contribution is -2.40. The van der Waals surface area contributed by atoms with Crippen LogP contribution >= 0.6 is 0 Å². The van der Waals surface area contributed by atoms with Crippen molar-refractivity contribution in [3.8, 4) is 0 Å². The second-order valence-corrected chi connectivity index (χ2v) is 3.81. The minimum absolute atomic E-state index is 0.149. The zero-order valence-corrected chi connectivity index (χ0v) is 8.79. The van der Waals surface area contributed by atoms with Crippen LogP contribution < -0.4 is 10.6 Å². The molecule has 0 saturated carbocycles. The molecular weight excluding hydrogens is 196 g/mol. The summed E-state index contributed by atoms with van der Waals surface area (Å²) in [6, 6.07) is -0.725. The molecule has 0 aliphatic carbocycles. The van der Waals surface area contributed by atoms with Gasteiger partial charge in [0.15, 0.2) is 0 Å². The first-order valence-electron chi connectivity index (χ1n) is 5.43. The second kappa shape index (κ2) is 6.40. The lowest BCUT2D eigenvalue weighted by Gasteiger charge is -2.13. The molecule has 5 heteroatoms. The van der Waals surface area contributed by atoms with E-state index in [2.05, 4.69) is 10.6 Å². The Bertz CT molecular complexity index is 231. The van der Waals surface area contributed by atoms with Gasteiger partial charge in [-0.15, -0.1) is 0 Å². The van der Waals surface area contributed by atoms with Crippen LogP contribution in [0.4, 0.5) is 0 Å². The first kappa shape index (κ1) is 12.0. The Morgan fingerprint density at radius 2 is 2.00 bits per heavy atom. The van der Waals surface area contributed by atoms with Gasteiger partial charge >= 0.3 is 5.97 Å². The van der Waals surface area contributed by atoms with Gasteiger partial charge < -0.3 is 15.7 Å². The molecule has 1 atom stereocenters. The molecule has 1 amide bonds. The first-order valence-corrected chi connectivity index (χ1v) is 5.43. The molecule has 1 rings (SSSR count).